The van der Waals surface area contributed by atoms with E-state index in [2.05, 4.69) is 31.1 Å². The fourth-order valence-corrected chi connectivity index (χ4v) is 3.21. The Morgan fingerprint density at radius 1 is 1.33 bits per heavy atom. The quantitative estimate of drug-likeness (QED) is 0.543. The van der Waals surface area contributed by atoms with Crippen molar-refractivity contribution in [3.8, 4) is 11.5 Å². The van der Waals surface area contributed by atoms with Gasteiger partial charge in [-0.05, 0) is 37.6 Å². The fraction of sp³-hybridized carbons (Fsp3) is 0.389. The lowest BCUT2D eigenvalue weighted by molar-refractivity contribution is -0.130. The zero-order chi connectivity index (χ0) is 19.0. The number of nitrogens with zero attached hydrogens (tertiary/aromatic N) is 2. The number of nitrogens with one attached hydrogen (secondary N) is 4. The van der Waals surface area contributed by atoms with Crippen LogP contribution < -0.4 is 16.0 Å². The van der Waals surface area contributed by atoms with Gasteiger partial charge in [0.15, 0.2) is 6.35 Å². The third-order valence-electron chi connectivity index (χ3n) is 4.44. The summed E-state index contributed by atoms with van der Waals surface area (Å²) in [5.41, 5.74) is 2.77. The minimum atomic E-state index is -0.509. The summed E-state index contributed by atoms with van der Waals surface area (Å²) in [6, 6.07) is 6.31. The maximum absolute atomic E-state index is 12.0. The Labute approximate surface area is 155 Å². The molecule has 3 aromatic rings. The van der Waals surface area contributed by atoms with Crippen molar-refractivity contribution < 1.29 is 13.9 Å². The number of aromatic amines is 1. The molecular formula is C18H22N6O3. The zero-order valence-electron chi connectivity index (χ0n) is 15.4. The number of ether oxygens (including phenoxy) is 1. The van der Waals surface area contributed by atoms with E-state index in [0.717, 1.165) is 22.0 Å². The molecule has 4 rings (SSSR count). The molecule has 9 nitrogen and oxygen atoms in total. The summed E-state index contributed by atoms with van der Waals surface area (Å²) < 4.78 is 10.9. The first-order valence-electron chi connectivity index (χ1n) is 8.83. The van der Waals surface area contributed by atoms with Gasteiger partial charge in [-0.1, -0.05) is 5.10 Å². The highest BCUT2D eigenvalue weighted by molar-refractivity contribution is 5.88. The van der Waals surface area contributed by atoms with Crippen LogP contribution in [-0.4, -0.2) is 40.6 Å². The van der Waals surface area contributed by atoms with Gasteiger partial charge in [-0.25, -0.2) is 0 Å². The molecule has 1 aliphatic heterocycles. The van der Waals surface area contributed by atoms with Crippen LogP contribution >= 0.6 is 0 Å². The Balaban J connectivity index is 1.67. The van der Waals surface area contributed by atoms with Crippen LogP contribution in [0.15, 0.2) is 28.8 Å². The molecule has 142 valence electrons. The maximum Gasteiger partial charge on any atom is 0.315 e. The number of carbonyl (C=O) groups excluding carboxylic acids is 1. The Hall–Kier alpha value is -2.91. The molecule has 2 atom stereocenters. The number of anilines is 1. The molecule has 1 saturated heterocycles. The molecule has 4 N–H and O–H groups in total. The number of benzene rings is 1. The van der Waals surface area contributed by atoms with Crippen LogP contribution in [0.25, 0.3) is 22.4 Å². The molecule has 0 bridgehead atoms. The molecule has 1 fully saturated rings. The summed E-state index contributed by atoms with van der Waals surface area (Å²) in [6.45, 7) is 4.01. The Morgan fingerprint density at radius 3 is 2.96 bits per heavy atom. The predicted molar refractivity (Wildman–Crippen MR) is 99.8 cm³/mol. The number of amides is 1. The van der Waals surface area contributed by atoms with Gasteiger partial charge in [-0.3, -0.25) is 10.1 Å². The predicted octanol–water partition coefficient (Wildman–Crippen LogP) is 2.12. The molecule has 1 aromatic carbocycles. The lowest BCUT2D eigenvalue weighted by Gasteiger charge is -2.30. The second-order valence-corrected chi connectivity index (χ2v) is 6.82. The summed E-state index contributed by atoms with van der Waals surface area (Å²) in [4.78, 5) is 15.2. The monoisotopic (exact) mass is 370 g/mol. The Bertz CT molecular complexity index is 963. The average molecular weight is 370 g/mol. The van der Waals surface area contributed by atoms with Gasteiger partial charge in [0.1, 0.15) is 0 Å². The van der Waals surface area contributed by atoms with Crippen molar-refractivity contribution in [1.29, 1.82) is 0 Å². The van der Waals surface area contributed by atoms with E-state index < -0.39 is 6.35 Å². The third kappa shape index (κ3) is 3.51. The number of aromatic nitrogens is 3. The largest absolute Gasteiger partial charge is 0.403 e. The van der Waals surface area contributed by atoms with E-state index in [1.165, 1.54) is 0 Å². The standard InChI is InChI=1S/C18H22N6O3/c1-9(2)20-18-24-23-16(27-18)10-4-5-13-11(6-10)12(8-19-13)14-7-15(25)22-17(21-14)26-3/h4-6,8-9,14,17,19,21H,7H2,1-3H3,(H,20,24)(H,22,25). The van der Waals surface area contributed by atoms with Crippen LogP contribution in [0, 0.1) is 0 Å². The summed E-state index contributed by atoms with van der Waals surface area (Å²) in [5, 5.41) is 18.2. The normalized spacial score (nSPS) is 20.2. The van der Waals surface area contributed by atoms with E-state index >= 15 is 0 Å². The van der Waals surface area contributed by atoms with E-state index in [4.69, 9.17) is 9.15 Å². The number of H-pyrrole nitrogens is 1. The summed E-state index contributed by atoms with van der Waals surface area (Å²) in [6.07, 6.45) is 1.74. The van der Waals surface area contributed by atoms with Gasteiger partial charge in [-0.2, -0.15) is 0 Å². The van der Waals surface area contributed by atoms with Crippen molar-refractivity contribution >= 4 is 22.8 Å². The molecule has 2 aromatic heterocycles. The average Bonchev–Trinajstić information content (AvgIpc) is 3.26. The van der Waals surface area contributed by atoms with Gasteiger partial charge in [0.05, 0.1) is 0 Å². The molecule has 0 aliphatic carbocycles. The number of hydrogen-bond acceptors (Lipinski definition) is 7. The van der Waals surface area contributed by atoms with E-state index in [1.807, 2.05) is 38.2 Å². The van der Waals surface area contributed by atoms with Crippen LogP contribution in [0.5, 0.6) is 0 Å². The first-order valence-corrected chi connectivity index (χ1v) is 8.83. The highest BCUT2D eigenvalue weighted by atomic mass is 16.5. The first kappa shape index (κ1) is 17.5. The van der Waals surface area contributed by atoms with E-state index in [1.54, 1.807) is 7.11 Å². The fourth-order valence-electron chi connectivity index (χ4n) is 3.21. The second kappa shape index (κ2) is 7.01. The molecule has 9 heteroatoms. The van der Waals surface area contributed by atoms with Gasteiger partial charge < -0.3 is 24.8 Å². The lowest BCUT2D eigenvalue weighted by atomic mass is 10.00. The molecule has 27 heavy (non-hydrogen) atoms. The van der Waals surface area contributed by atoms with Crippen molar-refractivity contribution in [1.82, 2.24) is 25.8 Å². The van der Waals surface area contributed by atoms with Crippen molar-refractivity contribution in [2.45, 2.75) is 38.7 Å². The van der Waals surface area contributed by atoms with Crippen LogP contribution in [0.1, 0.15) is 31.9 Å². The van der Waals surface area contributed by atoms with Crippen molar-refractivity contribution in [2.75, 3.05) is 12.4 Å². The highest BCUT2D eigenvalue weighted by Crippen LogP contribution is 2.31. The smallest absolute Gasteiger partial charge is 0.315 e. The van der Waals surface area contributed by atoms with Crippen molar-refractivity contribution in [3.63, 3.8) is 0 Å². The molecule has 3 heterocycles. The first-order chi connectivity index (χ1) is 13.0. The third-order valence-corrected chi connectivity index (χ3v) is 4.44. The van der Waals surface area contributed by atoms with Gasteiger partial charge in [-0.15, -0.1) is 5.10 Å². The van der Waals surface area contributed by atoms with Gasteiger partial charge in [0.2, 0.25) is 11.8 Å². The van der Waals surface area contributed by atoms with Gasteiger partial charge in [0.25, 0.3) is 0 Å². The number of methoxy groups -OCH3 is 1. The maximum atomic E-state index is 12.0. The molecule has 1 amide bonds. The van der Waals surface area contributed by atoms with Crippen molar-refractivity contribution in [2.24, 2.45) is 0 Å². The van der Waals surface area contributed by atoms with Gasteiger partial charge >= 0.3 is 6.01 Å². The SMILES string of the molecule is COC1NC(=O)CC(c2c[nH]c3ccc(-c4nnc(NC(C)C)o4)cc23)N1. The number of fused-ring (bicyclic) bond motifs is 1. The van der Waals surface area contributed by atoms with Gasteiger partial charge in [0, 0.05) is 48.3 Å². The minimum Gasteiger partial charge on any atom is -0.403 e. The minimum absolute atomic E-state index is 0.0580. The Morgan fingerprint density at radius 2 is 2.19 bits per heavy atom. The highest BCUT2D eigenvalue weighted by Gasteiger charge is 2.28. The van der Waals surface area contributed by atoms with E-state index in [9.17, 15) is 4.79 Å². The molecule has 2 unspecified atom stereocenters. The molecule has 0 spiro atoms. The Kier molecular flexibility index (Phi) is 4.54. The van der Waals surface area contributed by atoms with Crippen molar-refractivity contribution in [3.05, 3.63) is 30.0 Å². The van der Waals surface area contributed by atoms with Crippen LogP contribution in [-0.2, 0) is 9.53 Å². The zero-order valence-corrected chi connectivity index (χ0v) is 15.4. The van der Waals surface area contributed by atoms with Crippen LogP contribution in [0.4, 0.5) is 6.01 Å². The number of carbonyl (C=O) groups is 1. The second-order valence-electron chi connectivity index (χ2n) is 6.82. The van der Waals surface area contributed by atoms with Crippen LogP contribution in [0.2, 0.25) is 0 Å². The number of rotatable bonds is 5. The summed E-state index contributed by atoms with van der Waals surface area (Å²) in [5.74, 6) is 0.383. The summed E-state index contributed by atoms with van der Waals surface area (Å²) >= 11 is 0. The number of hydrogen-bond donors (Lipinski definition) is 4. The topological polar surface area (TPSA) is 117 Å². The lowest BCUT2D eigenvalue weighted by Crippen LogP contribution is -2.53. The van der Waals surface area contributed by atoms with E-state index in [-0.39, 0.29) is 18.0 Å². The summed E-state index contributed by atoms with van der Waals surface area (Å²) in [7, 11) is 1.55. The molecule has 1 aliphatic rings. The van der Waals surface area contributed by atoms with E-state index in [0.29, 0.717) is 18.3 Å². The van der Waals surface area contributed by atoms with Crippen LogP contribution in [0.3, 0.4) is 0 Å². The molecule has 0 saturated carbocycles. The molecule has 0 radical (unpaired) electrons. The molecular weight excluding hydrogens is 348 g/mol.